The van der Waals surface area contributed by atoms with Gasteiger partial charge in [-0.3, -0.25) is 4.79 Å². The van der Waals surface area contributed by atoms with E-state index in [0.717, 1.165) is 17.7 Å². The van der Waals surface area contributed by atoms with Gasteiger partial charge in [0.2, 0.25) is 0 Å². The zero-order chi connectivity index (χ0) is 19.2. The first-order valence-electron chi connectivity index (χ1n) is 8.61. The molecule has 0 unspecified atom stereocenters. The van der Waals surface area contributed by atoms with Crippen molar-refractivity contribution < 1.29 is 4.79 Å². The Hall–Kier alpha value is -3.72. The van der Waals surface area contributed by atoms with E-state index in [0.29, 0.717) is 22.9 Å². The highest BCUT2D eigenvalue weighted by molar-refractivity contribution is 6.04. The summed E-state index contributed by atoms with van der Waals surface area (Å²) in [4.78, 5) is 21.2. The van der Waals surface area contributed by atoms with E-state index in [2.05, 4.69) is 33.6 Å². The van der Waals surface area contributed by atoms with Gasteiger partial charge in [-0.05, 0) is 37.1 Å². The fourth-order valence-corrected chi connectivity index (χ4v) is 2.71. The number of hydrogen-bond acceptors (Lipinski definition) is 5. The minimum atomic E-state index is -0.393. The number of amides is 1. The summed E-state index contributed by atoms with van der Waals surface area (Å²) in [6.45, 7) is 3.81. The predicted octanol–water partition coefficient (Wildman–Crippen LogP) is 4.22. The molecule has 3 rings (SSSR count). The Morgan fingerprint density at radius 1 is 1.07 bits per heavy atom. The number of para-hydroxylation sites is 2. The van der Waals surface area contributed by atoms with Crippen LogP contribution in [0.3, 0.4) is 0 Å². The second-order valence-electron chi connectivity index (χ2n) is 5.93. The van der Waals surface area contributed by atoms with Gasteiger partial charge < -0.3 is 10.6 Å². The van der Waals surface area contributed by atoms with Gasteiger partial charge in [-0.2, -0.15) is 5.26 Å². The number of carbonyl (C=O) groups is 1. The van der Waals surface area contributed by atoms with Crippen molar-refractivity contribution in [3.8, 4) is 6.07 Å². The normalized spacial score (nSPS) is 10.1. The minimum Gasteiger partial charge on any atom is -0.340 e. The van der Waals surface area contributed by atoms with E-state index in [4.69, 9.17) is 5.26 Å². The Labute approximate surface area is 157 Å². The largest absolute Gasteiger partial charge is 0.340 e. The van der Waals surface area contributed by atoms with Gasteiger partial charge in [0.1, 0.15) is 23.4 Å². The summed E-state index contributed by atoms with van der Waals surface area (Å²) in [6.07, 6.45) is 0.880. The molecule has 6 nitrogen and oxygen atoms in total. The molecule has 6 heteroatoms. The number of aromatic nitrogens is 2. The Morgan fingerprint density at radius 2 is 1.78 bits per heavy atom. The lowest BCUT2D eigenvalue weighted by atomic mass is 10.1. The molecule has 0 saturated heterocycles. The highest BCUT2D eigenvalue weighted by Gasteiger charge is 2.13. The molecule has 0 atom stereocenters. The lowest BCUT2D eigenvalue weighted by molar-refractivity contribution is 0.102. The third-order valence-electron chi connectivity index (χ3n) is 4.03. The lowest BCUT2D eigenvalue weighted by Gasteiger charge is -2.12. The summed E-state index contributed by atoms with van der Waals surface area (Å²) in [7, 11) is 0. The van der Waals surface area contributed by atoms with Gasteiger partial charge in [-0.25, -0.2) is 9.97 Å². The van der Waals surface area contributed by atoms with Crippen LogP contribution in [0.4, 0.5) is 17.2 Å². The smallest absolute Gasteiger partial charge is 0.274 e. The summed E-state index contributed by atoms with van der Waals surface area (Å²) >= 11 is 0. The predicted molar refractivity (Wildman–Crippen MR) is 105 cm³/mol. The van der Waals surface area contributed by atoms with Crippen molar-refractivity contribution in [3.63, 3.8) is 0 Å². The summed E-state index contributed by atoms with van der Waals surface area (Å²) in [5, 5.41) is 15.2. The fraction of sp³-hybridized carbons (Fsp3) is 0.143. The van der Waals surface area contributed by atoms with Crippen LogP contribution in [0.2, 0.25) is 0 Å². The molecular weight excluding hydrogens is 338 g/mol. The first-order valence-corrected chi connectivity index (χ1v) is 8.61. The van der Waals surface area contributed by atoms with Crippen LogP contribution in [0.15, 0.2) is 54.6 Å². The fourth-order valence-electron chi connectivity index (χ4n) is 2.71. The Morgan fingerprint density at radius 3 is 2.52 bits per heavy atom. The molecule has 0 aliphatic heterocycles. The molecular formula is C21H19N5O. The zero-order valence-electron chi connectivity index (χ0n) is 15.2. The summed E-state index contributed by atoms with van der Waals surface area (Å²) in [5.74, 6) is 0.629. The molecule has 0 bridgehead atoms. The maximum Gasteiger partial charge on any atom is 0.274 e. The average molecular weight is 357 g/mol. The van der Waals surface area contributed by atoms with Crippen molar-refractivity contribution in [2.24, 2.45) is 0 Å². The molecule has 134 valence electrons. The first-order chi connectivity index (χ1) is 13.1. The van der Waals surface area contributed by atoms with Crippen molar-refractivity contribution in [2.45, 2.75) is 20.3 Å². The van der Waals surface area contributed by atoms with Crippen LogP contribution in [0, 0.1) is 18.3 Å². The van der Waals surface area contributed by atoms with Gasteiger partial charge in [-0.15, -0.1) is 0 Å². The summed E-state index contributed by atoms with van der Waals surface area (Å²) in [5.41, 5.74) is 3.17. The van der Waals surface area contributed by atoms with Crippen molar-refractivity contribution >= 4 is 23.1 Å². The maximum absolute atomic E-state index is 12.6. The first kappa shape index (κ1) is 18.1. The number of nitrogens with one attached hydrogen (secondary N) is 2. The van der Waals surface area contributed by atoms with Gasteiger partial charge in [-0.1, -0.05) is 37.3 Å². The number of benzene rings is 2. The standard InChI is InChI=1S/C21H19N5O/c1-3-15-8-4-6-10-17(15)25-20-12-19(23-14(2)24-20)21(27)26-18-11-7-5-9-16(18)13-22/h4-12H,3H2,1-2H3,(H,26,27)(H,23,24,25). The van der Waals surface area contributed by atoms with Crippen LogP contribution in [-0.2, 0) is 6.42 Å². The van der Waals surface area contributed by atoms with Gasteiger partial charge in [0.25, 0.3) is 5.91 Å². The van der Waals surface area contributed by atoms with Crippen molar-refractivity contribution in [1.29, 1.82) is 5.26 Å². The van der Waals surface area contributed by atoms with E-state index in [1.165, 1.54) is 0 Å². The van der Waals surface area contributed by atoms with Crippen LogP contribution in [0.25, 0.3) is 0 Å². The molecule has 1 amide bonds. The molecule has 0 fully saturated rings. The molecule has 2 N–H and O–H groups in total. The van der Waals surface area contributed by atoms with Crippen LogP contribution in [-0.4, -0.2) is 15.9 Å². The lowest BCUT2D eigenvalue weighted by Crippen LogP contribution is -2.16. The zero-order valence-corrected chi connectivity index (χ0v) is 15.2. The topological polar surface area (TPSA) is 90.7 Å². The van der Waals surface area contributed by atoms with E-state index in [9.17, 15) is 4.79 Å². The van der Waals surface area contributed by atoms with Crippen LogP contribution in [0.1, 0.15) is 34.4 Å². The number of aryl methyl sites for hydroxylation is 2. The molecule has 27 heavy (non-hydrogen) atoms. The third-order valence-corrected chi connectivity index (χ3v) is 4.03. The molecule has 0 spiro atoms. The molecule has 0 aliphatic carbocycles. The van der Waals surface area contributed by atoms with E-state index in [1.54, 1.807) is 37.3 Å². The molecule has 1 aromatic heterocycles. The number of hydrogen-bond donors (Lipinski definition) is 2. The third kappa shape index (κ3) is 4.28. The molecule has 3 aromatic rings. The quantitative estimate of drug-likeness (QED) is 0.713. The second-order valence-corrected chi connectivity index (χ2v) is 5.93. The highest BCUT2D eigenvalue weighted by Crippen LogP contribution is 2.21. The second kappa shape index (κ2) is 8.11. The number of nitriles is 1. The molecule has 0 aliphatic rings. The molecule has 0 radical (unpaired) electrons. The maximum atomic E-state index is 12.6. The van der Waals surface area contributed by atoms with Crippen LogP contribution < -0.4 is 10.6 Å². The van der Waals surface area contributed by atoms with Crippen LogP contribution in [0.5, 0.6) is 0 Å². The van der Waals surface area contributed by atoms with Gasteiger partial charge >= 0.3 is 0 Å². The minimum absolute atomic E-state index is 0.228. The monoisotopic (exact) mass is 357 g/mol. The van der Waals surface area contributed by atoms with E-state index in [-0.39, 0.29) is 5.69 Å². The molecule has 0 saturated carbocycles. The van der Waals surface area contributed by atoms with Crippen molar-refractivity contribution in [3.05, 3.63) is 77.2 Å². The Bertz CT molecular complexity index is 1020. The van der Waals surface area contributed by atoms with Crippen molar-refractivity contribution in [1.82, 2.24) is 9.97 Å². The van der Waals surface area contributed by atoms with Gasteiger partial charge in [0.15, 0.2) is 0 Å². The Kier molecular flexibility index (Phi) is 5.43. The number of carbonyl (C=O) groups excluding carboxylic acids is 1. The van der Waals surface area contributed by atoms with Gasteiger partial charge in [0.05, 0.1) is 11.3 Å². The number of nitrogens with zero attached hydrogens (tertiary/aromatic N) is 3. The Balaban J connectivity index is 1.87. The van der Waals surface area contributed by atoms with E-state index < -0.39 is 5.91 Å². The number of rotatable bonds is 5. The summed E-state index contributed by atoms with van der Waals surface area (Å²) in [6, 6.07) is 18.4. The SMILES string of the molecule is CCc1ccccc1Nc1cc(C(=O)Nc2ccccc2C#N)nc(C)n1. The summed E-state index contributed by atoms with van der Waals surface area (Å²) < 4.78 is 0. The molecule has 1 heterocycles. The van der Waals surface area contributed by atoms with E-state index in [1.807, 2.05) is 24.3 Å². The highest BCUT2D eigenvalue weighted by atomic mass is 16.1. The molecule has 2 aromatic carbocycles. The van der Waals surface area contributed by atoms with Gasteiger partial charge in [0, 0.05) is 11.8 Å². The van der Waals surface area contributed by atoms with Crippen LogP contribution >= 0.6 is 0 Å². The van der Waals surface area contributed by atoms with Crippen molar-refractivity contribution in [2.75, 3.05) is 10.6 Å². The number of anilines is 3. The average Bonchev–Trinajstić information content (AvgIpc) is 2.68. The van der Waals surface area contributed by atoms with E-state index >= 15 is 0 Å².